The van der Waals surface area contributed by atoms with Gasteiger partial charge in [-0.2, -0.15) is 0 Å². The summed E-state index contributed by atoms with van der Waals surface area (Å²) in [5.41, 5.74) is 2.54. The summed E-state index contributed by atoms with van der Waals surface area (Å²) in [6.45, 7) is 8.73. The summed E-state index contributed by atoms with van der Waals surface area (Å²) in [5, 5.41) is 6.69. The lowest BCUT2D eigenvalue weighted by Gasteiger charge is -2.36. The summed E-state index contributed by atoms with van der Waals surface area (Å²) in [6, 6.07) is -0.0708. The van der Waals surface area contributed by atoms with Crippen molar-refractivity contribution in [3.05, 3.63) is 40.6 Å². The number of H-pyrrole nitrogens is 1. The molecule has 0 aromatic carbocycles. The number of anilines is 2. The van der Waals surface area contributed by atoms with E-state index >= 15 is 0 Å². The first-order valence-electron chi connectivity index (χ1n) is 11.1. The average molecular weight is 530 g/mol. The van der Waals surface area contributed by atoms with Crippen LogP contribution in [-0.4, -0.2) is 56.7 Å². The average Bonchev–Trinajstić information content (AvgIpc) is 3.15. The SMILES string of the molecule is Cc1cnc(C(=O)Nc2c[nH]c3ncc(Br)c(N4CCC[C@@H](NC(=O)OC(C)(C)C)C4)c23)cn1. The molecule has 0 spiro atoms. The zero-order valence-corrected chi connectivity index (χ0v) is 21.2. The van der Waals surface area contributed by atoms with Crippen molar-refractivity contribution in [2.45, 2.75) is 52.2 Å². The second kappa shape index (κ2) is 9.57. The highest BCUT2D eigenvalue weighted by Crippen LogP contribution is 2.39. The van der Waals surface area contributed by atoms with E-state index in [9.17, 15) is 9.59 Å². The van der Waals surface area contributed by atoms with E-state index in [4.69, 9.17) is 4.74 Å². The normalized spacial score (nSPS) is 16.4. The minimum absolute atomic E-state index is 0.0708. The molecule has 0 unspecified atom stereocenters. The van der Waals surface area contributed by atoms with Crippen LogP contribution in [0.2, 0.25) is 0 Å². The number of piperidine rings is 1. The number of amides is 2. The van der Waals surface area contributed by atoms with Gasteiger partial charge in [0.15, 0.2) is 0 Å². The molecule has 2 amide bonds. The largest absolute Gasteiger partial charge is 0.444 e. The van der Waals surface area contributed by atoms with Crippen molar-refractivity contribution >= 4 is 50.3 Å². The molecule has 4 rings (SSSR count). The summed E-state index contributed by atoms with van der Waals surface area (Å²) in [7, 11) is 0. The number of nitrogens with one attached hydrogen (secondary N) is 3. The second-order valence-corrected chi connectivity index (χ2v) is 10.2. The van der Waals surface area contributed by atoms with E-state index in [0.717, 1.165) is 40.6 Å². The van der Waals surface area contributed by atoms with Crippen LogP contribution < -0.4 is 15.5 Å². The van der Waals surface area contributed by atoms with E-state index in [1.54, 1.807) is 18.6 Å². The Bertz CT molecular complexity index is 1200. The molecular formula is C23H28BrN7O3. The smallest absolute Gasteiger partial charge is 0.407 e. The number of pyridine rings is 1. The van der Waals surface area contributed by atoms with Crippen molar-refractivity contribution in [3.63, 3.8) is 0 Å². The molecule has 1 aliphatic heterocycles. The minimum atomic E-state index is -0.557. The Hall–Kier alpha value is -3.21. The number of hydrogen-bond donors (Lipinski definition) is 3. The van der Waals surface area contributed by atoms with E-state index in [1.165, 1.54) is 6.20 Å². The zero-order chi connectivity index (χ0) is 24.5. The molecule has 3 aromatic heterocycles. The number of nitrogens with zero attached hydrogens (tertiary/aromatic N) is 4. The number of hydrogen-bond acceptors (Lipinski definition) is 7. The van der Waals surface area contributed by atoms with Gasteiger partial charge in [-0.25, -0.2) is 14.8 Å². The first kappa shape index (κ1) is 23.9. The summed E-state index contributed by atoms with van der Waals surface area (Å²) in [4.78, 5) is 43.2. The number of aromatic nitrogens is 4. The van der Waals surface area contributed by atoms with Gasteiger partial charge in [0, 0.05) is 37.7 Å². The fourth-order valence-electron chi connectivity index (χ4n) is 3.93. The standard InChI is InChI=1S/C23H28BrN7O3/c1-13-8-26-17(11-25-13)21(32)30-16-10-28-20-18(16)19(15(24)9-27-20)31-7-5-6-14(12-31)29-22(33)34-23(2,3)4/h8-11,14H,5-7,12H2,1-4H3,(H,27,28)(H,29,33)(H,30,32)/t14-/m1/s1. The fraction of sp³-hybridized carbons (Fsp3) is 0.435. The van der Waals surface area contributed by atoms with Crippen molar-refractivity contribution < 1.29 is 14.3 Å². The van der Waals surface area contributed by atoms with Crippen LogP contribution in [0.15, 0.2) is 29.3 Å². The van der Waals surface area contributed by atoms with Crippen molar-refractivity contribution in [1.29, 1.82) is 0 Å². The molecule has 10 nitrogen and oxygen atoms in total. The van der Waals surface area contributed by atoms with E-state index in [0.29, 0.717) is 17.9 Å². The summed E-state index contributed by atoms with van der Waals surface area (Å²) >= 11 is 3.64. The van der Waals surface area contributed by atoms with Crippen molar-refractivity contribution in [1.82, 2.24) is 25.3 Å². The van der Waals surface area contributed by atoms with Crippen LogP contribution in [0.5, 0.6) is 0 Å². The maximum atomic E-state index is 12.8. The topological polar surface area (TPSA) is 125 Å². The van der Waals surface area contributed by atoms with Gasteiger partial charge in [0.05, 0.1) is 33.1 Å². The number of ether oxygens (including phenoxy) is 1. The van der Waals surface area contributed by atoms with Crippen LogP contribution in [0.25, 0.3) is 11.0 Å². The Morgan fingerprint density at radius 3 is 2.71 bits per heavy atom. The first-order valence-corrected chi connectivity index (χ1v) is 11.9. The van der Waals surface area contributed by atoms with E-state index in [1.807, 2.05) is 27.7 Å². The third kappa shape index (κ3) is 5.46. The lowest BCUT2D eigenvalue weighted by atomic mass is 10.0. The molecular weight excluding hydrogens is 502 g/mol. The molecule has 11 heteroatoms. The summed E-state index contributed by atoms with van der Waals surface area (Å²) in [6.07, 6.45) is 7.77. The molecule has 1 fully saturated rings. The predicted molar refractivity (Wildman–Crippen MR) is 133 cm³/mol. The third-order valence-corrected chi connectivity index (χ3v) is 5.93. The number of halogens is 1. The van der Waals surface area contributed by atoms with Gasteiger partial charge in [-0.15, -0.1) is 0 Å². The van der Waals surface area contributed by atoms with Gasteiger partial charge < -0.3 is 25.3 Å². The van der Waals surface area contributed by atoms with E-state index in [2.05, 4.69) is 51.4 Å². The Labute approximate surface area is 206 Å². The molecule has 1 aliphatic rings. The minimum Gasteiger partial charge on any atom is -0.444 e. The molecule has 1 atom stereocenters. The van der Waals surface area contributed by atoms with E-state index < -0.39 is 11.7 Å². The Balaban J connectivity index is 1.59. The Kier molecular flexibility index (Phi) is 6.74. The summed E-state index contributed by atoms with van der Waals surface area (Å²) in [5.74, 6) is -0.359. The van der Waals surface area contributed by atoms with Gasteiger partial charge in [-0.05, 0) is 56.5 Å². The maximum Gasteiger partial charge on any atom is 0.407 e. The van der Waals surface area contributed by atoms with Crippen molar-refractivity contribution in [2.75, 3.05) is 23.3 Å². The van der Waals surface area contributed by atoms with Crippen LogP contribution in [0, 0.1) is 6.92 Å². The molecule has 0 radical (unpaired) electrons. The quantitative estimate of drug-likeness (QED) is 0.463. The molecule has 180 valence electrons. The lowest BCUT2D eigenvalue weighted by Crippen LogP contribution is -2.49. The molecule has 0 bridgehead atoms. The van der Waals surface area contributed by atoms with Gasteiger partial charge >= 0.3 is 6.09 Å². The number of aryl methyl sites for hydroxylation is 1. The van der Waals surface area contributed by atoms with Crippen molar-refractivity contribution in [3.8, 4) is 0 Å². The molecule has 0 aliphatic carbocycles. The van der Waals surface area contributed by atoms with Crippen LogP contribution in [0.3, 0.4) is 0 Å². The molecule has 3 N–H and O–H groups in total. The third-order valence-electron chi connectivity index (χ3n) is 5.35. The Morgan fingerprint density at radius 2 is 2.00 bits per heavy atom. The lowest BCUT2D eigenvalue weighted by molar-refractivity contribution is 0.0500. The number of fused-ring (bicyclic) bond motifs is 1. The zero-order valence-electron chi connectivity index (χ0n) is 19.6. The highest BCUT2D eigenvalue weighted by molar-refractivity contribution is 9.10. The predicted octanol–water partition coefficient (Wildman–Crippen LogP) is 4.17. The van der Waals surface area contributed by atoms with Gasteiger partial charge in [-0.3, -0.25) is 9.78 Å². The highest BCUT2D eigenvalue weighted by Gasteiger charge is 2.28. The molecule has 34 heavy (non-hydrogen) atoms. The van der Waals surface area contributed by atoms with Gasteiger partial charge in [0.25, 0.3) is 5.91 Å². The van der Waals surface area contributed by atoms with E-state index in [-0.39, 0.29) is 17.6 Å². The van der Waals surface area contributed by atoms with Crippen LogP contribution in [0.4, 0.5) is 16.2 Å². The molecule has 0 saturated carbocycles. The van der Waals surface area contributed by atoms with Crippen molar-refractivity contribution in [2.24, 2.45) is 0 Å². The molecule has 4 heterocycles. The maximum absolute atomic E-state index is 12.8. The first-order chi connectivity index (χ1) is 16.1. The Morgan fingerprint density at radius 1 is 1.21 bits per heavy atom. The molecule has 1 saturated heterocycles. The number of rotatable bonds is 4. The van der Waals surface area contributed by atoms with Gasteiger partial charge in [-0.1, -0.05) is 0 Å². The van der Waals surface area contributed by atoms with Crippen LogP contribution in [-0.2, 0) is 4.74 Å². The van der Waals surface area contributed by atoms with Gasteiger partial charge in [0.2, 0.25) is 0 Å². The number of carbonyl (C=O) groups is 2. The number of carbonyl (C=O) groups excluding carboxylic acids is 2. The van der Waals surface area contributed by atoms with Crippen LogP contribution in [0.1, 0.15) is 49.8 Å². The molecule has 3 aromatic rings. The fourth-order valence-corrected chi connectivity index (χ4v) is 4.48. The number of aromatic amines is 1. The summed E-state index contributed by atoms with van der Waals surface area (Å²) < 4.78 is 6.22. The second-order valence-electron chi connectivity index (χ2n) is 9.31. The number of alkyl carbamates (subject to hydrolysis) is 1. The monoisotopic (exact) mass is 529 g/mol. The van der Waals surface area contributed by atoms with Gasteiger partial charge in [0.1, 0.15) is 16.9 Å². The van der Waals surface area contributed by atoms with Crippen LogP contribution >= 0.6 is 15.9 Å². The highest BCUT2D eigenvalue weighted by atomic mass is 79.9.